The van der Waals surface area contributed by atoms with Gasteiger partial charge in [-0.05, 0) is 67.7 Å². The first kappa shape index (κ1) is 30.4. The van der Waals surface area contributed by atoms with E-state index in [1.165, 1.54) is 18.4 Å². The molecule has 0 unspecified atom stereocenters. The number of nitrogens with zero attached hydrogens (tertiary/aromatic N) is 6. The average Bonchev–Trinajstić information content (AvgIpc) is 3.80. The number of carbonyl (C=O) groups excluding carboxylic acids is 1. The van der Waals surface area contributed by atoms with E-state index in [0.29, 0.717) is 43.6 Å². The highest BCUT2D eigenvalue weighted by atomic mass is 35.5. The Morgan fingerprint density at radius 2 is 1.81 bits per heavy atom. The minimum Gasteiger partial charge on any atom is -0.390 e. The van der Waals surface area contributed by atoms with Gasteiger partial charge in [-0.2, -0.15) is 0 Å². The smallest absolute Gasteiger partial charge is 0.237 e. The molecule has 0 atom stereocenters. The third kappa shape index (κ3) is 6.00. The van der Waals surface area contributed by atoms with E-state index in [1.54, 1.807) is 11.3 Å². The quantitative estimate of drug-likeness (QED) is 0.201. The lowest BCUT2D eigenvalue weighted by Crippen LogP contribution is -2.53. The molecule has 3 aliphatic rings. The van der Waals surface area contributed by atoms with Crippen LogP contribution in [0.25, 0.3) is 32.6 Å². The van der Waals surface area contributed by atoms with E-state index in [9.17, 15) is 9.90 Å². The second kappa shape index (κ2) is 12.6. The number of anilines is 2. The highest BCUT2D eigenvalue weighted by molar-refractivity contribution is 7.15. The zero-order valence-electron chi connectivity index (χ0n) is 26.2. The van der Waals surface area contributed by atoms with Crippen LogP contribution in [0.3, 0.4) is 0 Å². The van der Waals surface area contributed by atoms with Gasteiger partial charge < -0.3 is 15.3 Å². The summed E-state index contributed by atoms with van der Waals surface area (Å²) in [5.41, 5.74) is 7.88. The molecule has 0 aliphatic carbocycles. The molecule has 240 valence electrons. The number of hydrogen-bond acceptors (Lipinski definition) is 9. The van der Waals surface area contributed by atoms with Crippen LogP contribution in [0.15, 0.2) is 60.9 Å². The standard InChI is InChI=1S/C36H36ClN7O2S/c1-22-26(6-4-7-27(22)36-41-30-19-44(20-31(30)47-36)32(46)21-43-17-25(45)18-43)28-8-5-9-29(33(28)37)40-35-34-24(10-11-38-35)14-23(15-39-34)16-42-12-2-3-13-42/h4-11,14-15,25,45H,2-3,12-13,16-21H2,1H3,(H,38,40). The Morgan fingerprint density at radius 3 is 2.62 bits per heavy atom. The minimum atomic E-state index is -0.309. The molecule has 9 nitrogen and oxygen atoms in total. The molecule has 3 aromatic heterocycles. The van der Waals surface area contributed by atoms with Gasteiger partial charge in [-0.1, -0.05) is 41.9 Å². The summed E-state index contributed by atoms with van der Waals surface area (Å²) in [6.45, 7) is 7.93. The van der Waals surface area contributed by atoms with Crippen molar-refractivity contribution in [2.24, 2.45) is 0 Å². The van der Waals surface area contributed by atoms with Crippen molar-refractivity contribution in [1.29, 1.82) is 0 Å². The third-order valence-corrected chi connectivity index (χ3v) is 11.0. The normalized spacial score (nSPS) is 17.0. The van der Waals surface area contributed by atoms with Crippen LogP contribution in [-0.4, -0.2) is 79.5 Å². The maximum atomic E-state index is 12.8. The summed E-state index contributed by atoms with van der Waals surface area (Å²) < 4.78 is 0. The molecular formula is C36H36ClN7O2S. The van der Waals surface area contributed by atoms with Gasteiger partial charge in [0, 0.05) is 53.4 Å². The Balaban J connectivity index is 1.02. The molecule has 1 amide bonds. The van der Waals surface area contributed by atoms with Crippen LogP contribution in [0.5, 0.6) is 0 Å². The Bertz CT molecular complexity index is 1960. The largest absolute Gasteiger partial charge is 0.390 e. The highest BCUT2D eigenvalue weighted by Gasteiger charge is 2.32. The van der Waals surface area contributed by atoms with Crippen molar-refractivity contribution >= 4 is 51.3 Å². The monoisotopic (exact) mass is 665 g/mol. The predicted octanol–water partition coefficient (Wildman–Crippen LogP) is 6.24. The van der Waals surface area contributed by atoms with Crippen LogP contribution in [-0.2, 0) is 24.4 Å². The number of benzene rings is 2. The van der Waals surface area contributed by atoms with Gasteiger partial charge in [-0.3, -0.25) is 19.6 Å². The van der Waals surface area contributed by atoms with E-state index >= 15 is 0 Å². The molecule has 3 aliphatic heterocycles. The van der Waals surface area contributed by atoms with Gasteiger partial charge in [0.2, 0.25) is 5.91 Å². The third-order valence-electron chi connectivity index (χ3n) is 9.47. The number of hydrogen-bond donors (Lipinski definition) is 2. The van der Waals surface area contributed by atoms with Gasteiger partial charge in [-0.25, -0.2) is 9.97 Å². The number of likely N-dealkylation sites (tertiary alicyclic amines) is 2. The molecular weight excluding hydrogens is 630 g/mol. The summed E-state index contributed by atoms with van der Waals surface area (Å²) >= 11 is 8.77. The van der Waals surface area contributed by atoms with Crippen molar-refractivity contribution in [3.63, 3.8) is 0 Å². The van der Waals surface area contributed by atoms with E-state index in [4.69, 9.17) is 21.6 Å². The molecule has 0 radical (unpaired) electrons. The Labute approximate surface area is 282 Å². The number of rotatable bonds is 8. The van der Waals surface area contributed by atoms with E-state index < -0.39 is 0 Å². The van der Waals surface area contributed by atoms with Crippen molar-refractivity contribution in [2.75, 3.05) is 38.0 Å². The second-order valence-corrected chi connectivity index (χ2v) is 14.3. The number of nitrogens with one attached hydrogen (secondary N) is 1. The van der Waals surface area contributed by atoms with Gasteiger partial charge in [0.15, 0.2) is 5.82 Å². The van der Waals surface area contributed by atoms with Gasteiger partial charge in [0.05, 0.1) is 42.1 Å². The SMILES string of the molecule is Cc1c(-c2nc3c(s2)CN(C(=O)CN2CC(O)C2)C3)cccc1-c1cccc(Nc2nccc3cc(CN4CCCC4)cnc23)c1Cl. The first-order valence-corrected chi connectivity index (χ1v) is 17.4. The van der Waals surface area contributed by atoms with E-state index in [0.717, 1.165) is 74.1 Å². The van der Waals surface area contributed by atoms with E-state index in [1.807, 2.05) is 52.5 Å². The molecule has 47 heavy (non-hydrogen) atoms. The number of carbonyl (C=O) groups is 1. The molecule has 6 heterocycles. The lowest BCUT2D eigenvalue weighted by molar-refractivity contribution is -0.135. The molecule has 11 heteroatoms. The Morgan fingerprint density at radius 1 is 1.02 bits per heavy atom. The van der Waals surface area contributed by atoms with Gasteiger partial charge >= 0.3 is 0 Å². The molecule has 0 bridgehead atoms. The number of aromatic nitrogens is 3. The fourth-order valence-corrected chi connectivity index (χ4v) is 8.34. The molecule has 0 spiro atoms. The number of amides is 1. The number of pyridine rings is 2. The van der Waals surface area contributed by atoms with Crippen molar-refractivity contribution in [3.8, 4) is 21.7 Å². The number of β-amino-alcohol motifs (C(OH)–C–C–N with tert-alkyl or cyclic N) is 1. The molecule has 2 aromatic carbocycles. The van der Waals surface area contributed by atoms with Crippen molar-refractivity contribution < 1.29 is 9.90 Å². The zero-order chi connectivity index (χ0) is 32.1. The summed E-state index contributed by atoms with van der Waals surface area (Å²) in [7, 11) is 0. The summed E-state index contributed by atoms with van der Waals surface area (Å²) in [6.07, 6.45) is 6.01. The van der Waals surface area contributed by atoms with Crippen molar-refractivity contribution in [2.45, 2.75) is 45.5 Å². The summed E-state index contributed by atoms with van der Waals surface area (Å²) in [4.78, 5) is 34.7. The van der Waals surface area contributed by atoms with E-state index in [-0.39, 0.29) is 12.0 Å². The number of thiazole rings is 1. The highest BCUT2D eigenvalue weighted by Crippen LogP contribution is 2.41. The second-order valence-electron chi connectivity index (χ2n) is 12.8. The summed E-state index contributed by atoms with van der Waals surface area (Å²) in [6, 6.07) is 16.5. The summed E-state index contributed by atoms with van der Waals surface area (Å²) in [5.74, 6) is 0.758. The van der Waals surface area contributed by atoms with Crippen LogP contribution in [0, 0.1) is 6.92 Å². The lowest BCUT2D eigenvalue weighted by Gasteiger charge is -2.36. The molecule has 2 fully saturated rings. The van der Waals surface area contributed by atoms with Crippen LogP contribution in [0.1, 0.15) is 34.5 Å². The van der Waals surface area contributed by atoms with Crippen LogP contribution >= 0.6 is 22.9 Å². The van der Waals surface area contributed by atoms with E-state index in [2.05, 4.69) is 40.3 Å². The topological polar surface area (TPSA) is 97.7 Å². The number of aliphatic hydroxyl groups excluding tert-OH is 1. The maximum Gasteiger partial charge on any atom is 0.237 e. The Kier molecular flexibility index (Phi) is 8.15. The van der Waals surface area contributed by atoms with Crippen LogP contribution < -0.4 is 5.32 Å². The molecule has 8 rings (SSSR count). The van der Waals surface area contributed by atoms with Crippen LogP contribution in [0.4, 0.5) is 11.5 Å². The average molecular weight is 666 g/mol. The summed E-state index contributed by atoms with van der Waals surface area (Å²) in [5, 5.41) is 15.6. The molecule has 5 aromatic rings. The zero-order valence-corrected chi connectivity index (χ0v) is 27.8. The van der Waals surface area contributed by atoms with Gasteiger partial charge in [-0.15, -0.1) is 11.3 Å². The van der Waals surface area contributed by atoms with Gasteiger partial charge in [0.25, 0.3) is 0 Å². The molecule has 0 saturated carbocycles. The Hall–Kier alpha value is -3.93. The fraction of sp³-hybridized carbons (Fsp3) is 0.333. The first-order valence-electron chi connectivity index (χ1n) is 16.2. The lowest BCUT2D eigenvalue weighted by atomic mass is 9.96. The van der Waals surface area contributed by atoms with Crippen molar-refractivity contribution in [1.82, 2.24) is 29.7 Å². The minimum absolute atomic E-state index is 0.0849. The number of aliphatic hydroxyl groups is 1. The first-order chi connectivity index (χ1) is 22.9. The maximum absolute atomic E-state index is 12.8. The predicted molar refractivity (Wildman–Crippen MR) is 187 cm³/mol. The van der Waals surface area contributed by atoms with Crippen LogP contribution in [0.2, 0.25) is 5.02 Å². The van der Waals surface area contributed by atoms with Gasteiger partial charge in [0.1, 0.15) is 10.5 Å². The van der Waals surface area contributed by atoms with Crippen molar-refractivity contribution in [3.05, 3.63) is 87.6 Å². The number of fused-ring (bicyclic) bond motifs is 2. The molecule has 2 saturated heterocycles. The fourth-order valence-electron chi connectivity index (χ4n) is 6.90. The molecule has 2 N–H and O–H groups in total. The number of halogens is 1.